The summed E-state index contributed by atoms with van der Waals surface area (Å²) in [4.78, 5) is 3.28. The van der Waals surface area contributed by atoms with Crippen LogP contribution < -0.4 is 0 Å². The lowest BCUT2D eigenvalue weighted by atomic mass is 9.97. The van der Waals surface area contributed by atoms with Crippen LogP contribution in [0.15, 0.2) is 28.9 Å². The van der Waals surface area contributed by atoms with E-state index >= 15 is 0 Å². The smallest absolute Gasteiger partial charge is 0.0601 e. The summed E-state index contributed by atoms with van der Waals surface area (Å²) in [6, 6.07) is 6.18. The summed E-state index contributed by atoms with van der Waals surface area (Å²) in [6.07, 6.45) is 4.24. The van der Waals surface area contributed by atoms with Crippen LogP contribution in [0.3, 0.4) is 0 Å². The number of hydrogen-bond acceptors (Lipinski definition) is 1. The summed E-state index contributed by atoms with van der Waals surface area (Å²) in [7, 11) is 0. The third-order valence-corrected chi connectivity index (χ3v) is 4.05. The Bertz CT molecular complexity index is 513. The molecule has 0 aliphatic heterocycles. The van der Waals surface area contributed by atoms with Crippen molar-refractivity contribution in [2.24, 2.45) is 0 Å². The highest BCUT2D eigenvalue weighted by molar-refractivity contribution is 9.10. The van der Waals surface area contributed by atoms with Gasteiger partial charge in [0.15, 0.2) is 0 Å². The van der Waals surface area contributed by atoms with E-state index in [0.717, 1.165) is 22.8 Å². The van der Waals surface area contributed by atoms with Gasteiger partial charge >= 0.3 is 0 Å². The van der Waals surface area contributed by atoms with Crippen LogP contribution >= 0.6 is 15.9 Å². The number of H-pyrrole nitrogens is 1. The molecule has 0 spiro atoms. The third kappa shape index (κ3) is 1.26. The maximum absolute atomic E-state index is 9.43. The second-order valence-corrected chi connectivity index (χ2v) is 5.16. The predicted octanol–water partition coefficient (Wildman–Crippen LogP) is 2.95. The molecule has 1 aliphatic carbocycles. The van der Waals surface area contributed by atoms with Gasteiger partial charge in [0, 0.05) is 21.5 Å². The van der Waals surface area contributed by atoms with Crippen molar-refractivity contribution in [1.29, 1.82) is 0 Å². The normalized spacial score (nSPS) is 18.3. The Labute approximate surface area is 96.4 Å². The van der Waals surface area contributed by atoms with Gasteiger partial charge in [-0.3, -0.25) is 0 Å². The van der Waals surface area contributed by atoms with E-state index in [9.17, 15) is 5.11 Å². The first-order valence-corrected chi connectivity index (χ1v) is 5.93. The monoisotopic (exact) mass is 265 g/mol. The first-order valence-electron chi connectivity index (χ1n) is 5.14. The highest BCUT2D eigenvalue weighted by Gasteiger charge is 2.45. The number of nitrogens with one attached hydrogen (secondary N) is 1. The number of hydrogen-bond donors (Lipinski definition) is 2. The van der Waals surface area contributed by atoms with Gasteiger partial charge in [-0.1, -0.05) is 12.1 Å². The number of aromatic nitrogens is 1. The van der Waals surface area contributed by atoms with E-state index < -0.39 is 0 Å². The minimum Gasteiger partial charge on any atom is -0.395 e. The zero-order chi connectivity index (χ0) is 10.5. The van der Waals surface area contributed by atoms with E-state index in [1.54, 1.807) is 0 Å². The van der Waals surface area contributed by atoms with Crippen LogP contribution in [-0.2, 0) is 5.41 Å². The van der Waals surface area contributed by atoms with Crippen LogP contribution in [0.25, 0.3) is 10.9 Å². The lowest BCUT2D eigenvalue weighted by Crippen LogP contribution is -2.10. The molecule has 1 fully saturated rings. The zero-order valence-corrected chi connectivity index (χ0v) is 9.84. The molecular formula is C12H12BrNO. The van der Waals surface area contributed by atoms with Crippen molar-refractivity contribution >= 4 is 26.8 Å². The summed E-state index contributed by atoms with van der Waals surface area (Å²) >= 11 is 3.53. The van der Waals surface area contributed by atoms with Crippen LogP contribution in [0, 0.1) is 0 Å². The molecule has 0 bridgehead atoms. The van der Waals surface area contributed by atoms with Crippen LogP contribution in [0.1, 0.15) is 18.4 Å². The minimum absolute atomic E-state index is 0.0407. The fourth-order valence-corrected chi connectivity index (χ4v) is 2.70. The molecule has 2 N–H and O–H groups in total. The Hall–Kier alpha value is -0.800. The average molecular weight is 266 g/mol. The molecule has 2 aromatic rings. The van der Waals surface area contributed by atoms with Gasteiger partial charge < -0.3 is 10.1 Å². The topological polar surface area (TPSA) is 36.0 Å². The molecule has 15 heavy (non-hydrogen) atoms. The number of aliphatic hydroxyl groups is 1. The van der Waals surface area contributed by atoms with Crippen molar-refractivity contribution in [1.82, 2.24) is 4.98 Å². The van der Waals surface area contributed by atoms with Gasteiger partial charge in [0.05, 0.1) is 12.1 Å². The molecule has 0 unspecified atom stereocenters. The summed E-state index contributed by atoms with van der Waals surface area (Å²) in [6.45, 7) is 0.256. The van der Waals surface area contributed by atoms with Crippen LogP contribution in [0.4, 0.5) is 0 Å². The lowest BCUT2D eigenvalue weighted by Gasteiger charge is -2.09. The van der Waals surface area contributed by atoms with Crippen molar-refractivity contribution in [3.05, 3.63) is 34.4 Å². The van der Waals surface area contributed by atoms with Crippen molar-refractivity contribution in [3.8, 4) is 0 Å². The Kier molecular flexibility index (Phi) is 1.94. The molecule has 3 rings (SSSR count). The van der Waals surface area contributed by atoms with Gasteiger partial charge in [0.1, 0.15) is 0 Å². The number of para-hydroxylation sites is 1. The van der Waals surface area contributed by atoms with Gasteiger partial charge in [-0.25, -0.2) is 0 Å². The summed E-state index contributed by atoms with van der Waals surface area (Å²) < 4.78 is 1.08. The third-order valence-electron chi connectivity index (χ3n) is 3.39. The molecule has 0 saturated heterocycles. The van der Waals surface area contributed by atoms with E-state index in [0.29, 0.717) is 0 Å². The van der Waals surface area contributed by atoms with E-state index in [-0.39, 0.29) is 12.0 Å². The maximum Gasteiger partial charge on any atom is 0.0601 e. The average Bonchev–Trinajstić information content (AvgIpc) is 2.92. The molecule has 1 aliphatic rings. The second kappa shape index (κ2) is 3.09. The second-order valence-electron chi connectivity index (χ2n) is 4.30. The number of benzene rings is 1. The van der Waals surface area contributed by atoms with Gasteiger partial charge in [-0.05, 0) is 40.4 Å². The molecule has 1 aromatic carbocycles. The summed E-state index contributed by atoms with van der Waals surface area (Å²) in [5.74, 6) is 0. The van der Waals surface area contributed by atoms with Gasteiger partial charge in [-0.15, -0.1) is 0 Å². The predicted molar refractivity (Wildman–Crippen MR) is 64.0 cm³/mol. The van der Waals surface area contributed by atoms with Crippen LogP contribution in [-0.4, -0.2) is 16.7 Å². The maximum atomic E-state index is 9.43. The van der Waals surface area contributed by atoms with Gasteiger partial charge in [-0.2, -0.15) is 0 Å². The molecule has 3 heteroatoms. The van der Waals surface area contributed by atoms with Crippen LogP contribution in [0.2, 0.25) is 0 Å². The highest BCUT2D eigenvalue weighted by atomic mass is 79.9. The molecule has 1 aromatic heterocycles. The number of halogens is 1. The van der Waals surface area contributed by atoms with E-state index in [2.05, 4.69) is 27.0 Å². The molecule has 2 nitrogen and oxygen atoms in total. The Balaban J connectivity index is 2.25. The molecule has 78 valence electrons. The molecular weight excluding hydrogens is 254 g/mol. The SMILES string of the molecule is OCC1(c2c[nH]c3c(Br)cccc23)CC1. The summed E-state index contributed by atoms with van der Waals surface area (Å²) in [5.41, 5.74) is 2.44. The molecule has 1 heterocycles. The van der Waals surface area contributed by atoms with Gasteiger partial charge in [0.2, 0.25) is 0 Å². The molecule has 0 radical (unpaired) electrons. The zero-order valence-electron chi connectivity index (χ0n) is 8.26. The Morgan fingerprint density at radius 1 is 1.40 bits per heavy atom. The highest BCUT2D eigenvalue weighted by Crippen LogP contribution is 2.50. The number of aromatic amines is 1. The lowest BCUT2D eigenvalue weighted by molar-refractivity contribution is 0.256. The standard InChI is InChI=1S/C12H12BrNO/c13-10-3-1-2-8-9(6-14-11(8)10)12(7-15)4-5-12/h1-3,6,14-15H,4-5,7H2. The number of rotatable bonds is 2. The minimum atomic E-state index is 0.0407. The first-order chi connectivity index (χ1) is 7.27. The molecule has 0 amide bonds. The van der Waals surface area contributed by atoms with E-state index in [4.69, 9.17) is 0 Å². The molecule has 1 saturated carbocycles. The van der Waals surface area contributed by atoms with Gasteiger partial charge in [0.25, 0.3) is 0 Å². The summed E-state index contributed by atoms with van der Waals surface area (Å²) in [5, 5.41) is 10.7. The van der Waals surface area contributed by atoms with E-state index in [1.165, 1.54) is 10.9 Å². The molecule has 0 atom stereocenters. The largest absolute Gasteiger partial charge is 0.395 e. The first kappa shape index (κ1) is 9.43. The fraction of sp³-hybridized carbons (Fsp3) is 0.333. The van der Waals surface area contributed by atoms with Crippen molar-refractivity contribution in [3.63, 3.8) is 0 Å². The fourth-order valence-electron chi connectivity index (χ4n) is 2.22. The number of fused-ring (bicyclic) bond motifs is 1. The quantitative estimate of drug-likeness (QED) is 0.861. The Morgan fingerprint density at radius 2 is 2.20 bits per heavy atom. The Morgan fingerprint density at radius 3 is 2.87 bits per heavy atom. The van der Waals surface area contributed by atoms with E-state index in [1.807, 2.05) is 18.3 Å². The van der Waals surface area contributed by atoms with Crippen LogP contribution in [0.5, 0.6) is 0 Å². The van der Waals surface area contributed by atoms with Crippen molar-refractivity contribution in [2.45, 2.75) is 18.3 Å². The van der Waals surface area contributed by atoms with Crippen molar-refractivity contribution < 1.29 is 5.11 Å². The van der Waals surface area contributed by atoms with Crippen molar-refractivity contribution in [2.75, 3.05) is 6.61 Å². The number of aliphatic hydroxyl groups excluding tert-OH is 1.